The fraction of sp³-hybridized carbons (Fsp3) is 0.0526. The molecule has 0 fully saturated rings. The van der Waals surface area contributed by atoms with Gasteiger partial charge < -0.3 is 4.74 Å². The van der Waals surface area contributed by atoms with Crippen LogP contribution < -0.4 is 4.74 Å². The Balaban J connectivity index is 1.65. The highest BCUT2D eigenvalue weighted by atomic mass is 32.1. The van der Waals surface area contributed by atoms with E-state index in [0.717, 1.165) is 22.2 Å². The number of hydrogen-bond donors (Lipinski definition) is 1. The van der Waals surface area contributed by atoms with Gasteiger partial charge in [-0.1, -0.05) is 54.6 Å². The third kappa shape index (κ3) is 2.74. The molecule has 4 nitrogen and oxygen atoms in total. The molecule has 0 N–H and O–H groups in total. The van der Waals surface area contributed by atoms with Crippen LogP contribution >= 0.6 is 12.6 Å². The number of benzene rings is 3. The van der Waals surface area contributed by atoms with Gasteiger partial charge in [0.15, 0.2) is 11.0 Å². The highest BCUT2D eigenvalue weighted by Gasteiger charge is 2.12. The van der Waals surface area contributed by atoms with Gasteiger partial charge in [-0.25, -0.2) is 0 Å². The second kappa shape index (κ2) is 6.37. The quantitative estimate of drug-likeness (QED) is 0.566. The zero-order valence-corrected chi connectivity index (χ0v) is 13.7. The summed E-state index contributed by atoms with van der Waals surface area (Å²) in [6.45, 7) is 0.316. The van der Waals surface area contributed by atoms with Crippen molar-refractivity contribution in [3.63, 3.8) is 0 Å². The number of hydrogen-bond acceptors (Lipinski definition) is 4. The predicted octanol–water partition coefficient (Wildman–Crippen LogP) is 4.29. The second-order valence-electron chi connectivity index (χ2n) is 5.35. The van der Waals surface area contributed by atoms with E-state index in [2.05, 4.69) is 41.0 Å². The van der Waals surface area contributed by atoms with Gasteiger partial charge in [0.2, 0.25) is 0 Å². The topological polar surface area (TPSA) is 39.9 Å². The first kappa shape index (κ1) is 14.8. The fourth-order valence-electron chi connectivity index (χ4n) is 2.71. The van der Waals surface area contributed by atoms with Crippen molar-refractivity contribution in [2.45, 2.75) is 11.8 Å². The minimum Gasteiger partial charge on any atom is -0.485 e. The molecule has 1 aromatic heterocycles. The summed E-state index contributed by atoms with van der Waals surface area (Å²) in [7, 11) is 0. The molecular weight excluding hydrogens is 318 g/mol. The monoisotopic (exact) mass is 333 g/mol. The largest absolute Gasteiger partial charge is 0.485 e. The summed E-state index contributed by atoms with van der Waals surface area (Å²) in [4.78, 5) is 0. The number of thiol groups is 1. The van der Waals surface area contributed by atoms with Gasteiger partial charge in [0.1, 0.15) is 12.4 Å². The molecule has 0 aliphatic carbocycles. The summed E-state index contributed by atoms with van der Waals surface area (Å²) in [5, 5.41) is 11.0. The molecule has 0 aliphatic heterocycles. The summed E-state index contributed by atoms with van der Waals surface area (Å²) in [6.07, 6.45) is 0. The van der Waals surface area contributed by atoms with Crippen molar-refractivity contribution in [1.29, 1.82) is 0 Å². The number of nitrogens with zero attached hydrogens (tertiary/aromatic N) is 3. The molecular formula is C19H15N3OS. The van der Waals surface area contributed by atoms with Crippen molar-refractivity contribution >= 4 is 23.4 Å². The first-order valence-corrected chi connectivity index (χ1v) is 8.07. The van der Waals surface area contributed by atoms with Gasteiger partial charge >= 0.3 is 0 Å². The van der Waals surface area contributed by atoms with Crippen LogP contribution in [-0.4, -0.2) is 14.8 Å². The van der Waals surface area contributed by atoms with Crippen molar-refractivity contribution in [3.05, 3.63) is 78.6 Å². The molecule has 0 saturated carbocycles. The maximum atomic E-state index is 6.02. The lowest BCUT2D eigenvalue weighted by Crippen LogP contribution is -2.06. The van der Waals surface area contributed by atoms with Gasteiger partial charge in [-0.3, -0.25) is 4.57 Å². The van der Waals surface area contributed by atoms with E-state index in [1.807, 2.05) is 59.2 Å². The molecule has 0 radical (unpaired) electrons. The van der Waals surface area contributed by atoms with Gasteiger partial charge in [-0.2, -0.15) is 0 Å². The molecule has 4 aromatic rings. The molecule has 24 heavy (non-hydrogen) atoms. The lowest BCUT2D eigenvalue weighted by atomic mass is 10.1. The highest BCUT2D eigenvalue weighted by molar-refractivity contribution is 7.80. The van der Waals surface area contributed by atoms with Crippen LogP contribution in [0.15, 0.2) is 78.0 Å². The fourth-order valence-corrected chi connectivity index (χ4v) is 2.98. The van der Waals surface area contributed by atoms with E-state index in [1.54, 1.807) is 0 Å². The average molecular weight is 333 g/mol. The molecule has 118 valence electrons. The molecule has 5 heteroatoms. The molecule has 0 amide bonds. The highest BCUT2D eigenvalue weighted by Crippen LogP contribution is 2.26. The number of ether oxygens (including phenoxy) is 1. The van der Waals surface area contributed by atoms with Crippen LogP contribution in [0.5, 0.6) is 5.75 Å². The Morgan fingerprint density at radius 1 is 0.833 bits per heavy atom. The Kier molecular flexibility index (Phi) is 3.92. The Morgan fingerprint density at radius 3 is 2.46 bits per heavy atom. The first-order chi connectivity index (χ1) is 11.8. The number of aromatic nitrogens is 3. The Morgan fingerprint density at radius 2 is 1.58 bits per heavy atom. The molecule has 0 spiro atoms. The number of fused-ring (bicyclic) bond motifs is 1. The van der Waals surface area contributed by atoms with Crippen LogP contribution in [-0.2, 0) is 6.61 Å². The standard InChI is InChI=1S/C19H15N3OS/c24-19-21-20-18(22(19)15-9-2-1-3-10-15)13-23-17-12-6-8-14-7-4-5-11-16(14)17/h1-12H,13H2,(H,21,24). The minimum atomic E-state index is 0.316. The zero-order valence-electron chi connectivity index (χ0n) is 12.8. The van der Waals surface area contributed by atoms with Crippen LogP contribution in [0.3, 0.4) is 0 Å². The van der Waals surface area contributed by atoms with E-state index >= 15 is 0 Å². The third-order valence-electron chi connectivity index (χ3n) is 3.83. The molecule has 0 aliphatic rings. The van der Waals surface area contributed by atoms with Crippen LogP contribution in [0.25, 0.3) is 16.5 Å². The maximum Gasteiger partial charge on any atom is 0.192 e. The van der Waals surface area contributed by atoms with E-state index in [-0.39, 0.29) is 0 Å². The first-order valence-electron chi connectivity index (χ1n) is 7.62. The number of para-hydroxylation sites is 1. The van der Waals surface area contributed by atoms with Gasteiger partial charge in [0, 0.05) is 11.1 Å². The van der Waals surface area contributed by atoms with Gasteiger partial charge in [-0.15, -0.1) is 22.8 Å². The van der Waals surface area contributed by atoms with Gasteiger partial charge in [-0.05, 0) is 23.6 Å². The second-order valence-corrected chi connectivity index (χ2v) is 5.75. The van der Waals surface area contributed by atoms with Gasteiger partial charge in [0.25, 0.3) is 0 Å². The number of rotatable bonds is 4. The molecule has 4 rings (SSSR count). The van der Waals surface area contributed by atoms with E-state index in [9.17, 15) is 0 Å². The molecule has 0 bridgehead atoms. The Labute approximate surface area is 145 Å². The van der Waals surface area contributed by atoms with E-state index in [0.29, 0.717) is 17.6 Å². The SMILES string of the molecule is Sc1nnc(COc2cccc3ccccc23)n1-c1ccccc1. The van der Waals surface area contributed by atoms with E-state index in [1.165, 1.54) is 0 Å². The summed E-state index contributed by atoms with van der Waals surface area (Å²) in [5.41, 5.74) is 0.962. The van der Waals surface area contributed by atoms with Crippen molar-refractivity contribution in [2.75, 3.05) is 0 Å². The van der Waals surface area contributed by atoms with Crippen LogP contribution in [0.4, 0.5) is 0 Å². The van der Waals surface area contributed by atoms with Crippen LogP contribution in [0.1, 0.15) is 5.82 Å². The lowest BCUT2D eigenvalue weighted by Gasteiger charge is -2.11. The van der Waals surface area contributed by atoms with Crippen LogP contribution in [0, 0.1) is 0 Å². The lowest BCUT2D eigenvalue weighted by molar-refractivity contribution is 0.296. The van der Waals surface area contributed by atoms with Crippen molar-refractivity contribution in [1.82, 2.24) is 14.8 Å². The molecule has 0 atom stereocenters. The van der Waals surface area contributed by atoms with Crippen molar-refractivity contribution < 1.29 is 4.74 Å². The van der Waals surface area contributed by atoms with E-state index in [4.69, 9.17) is 4.74 Å². The van der Waals surface area contributed by atoms with Crippen molar-refractivity contribution in [2.24, 2.45) is 0 Å². The molecule has 0 saturated heterocycles. The van der Waals surface area contributed by atoms with E-state index < -0.39 is 0 Å². The maximum absolute atomic E-state index is 6.02. The summed E-state index contributed by atoms with van der Waals surface area (Å²) >= 11 is 4.40. The van der Waals surface area contributed by atoms with Gasteiger partial charge in [0.05, 0.1) is 0 Å². The predicted molar refractivity (Wildman–Crippen MR) is 96.9 cm³/mol. The molecule has 0 unspecified atom stereocenters. The molecule has 1 heterocycles. The van der Waals surface area contributed by atoms with Crippen LogP contribution in [0.2, 0.25) is 0 Å². The van der Waals surface area contributed by atoms with Crippen molar-refractivity contribution in [3.8, 4) is 11.4 Å². The smallest absolute Gasteiger partial charge is 0.192 e. The zero-order chi connectivity index (χ0) is 16.4. The Bertz CT molecular complexity index is 977. The summed E-state index contributed by atoms with van der Waals surface area (Å²) in [6, 6.07) is 24.1. The summed E-state index contributed by atoms with van der Waals surface area (Å²) in [5.74, 6) is 1.54. The third-order valence-corrected chi connectivity index (χ3v) is 4.12. The molecule has 3 aromatic carbocycles. The average Bonchev–Trinajstić information content (AvgIpc) is 3.01. The normalized spacial score (nSPS) is 10.9. The minimum absolute atomic E-state index is 0.316. The summed E-state index contributed by atoms with van der Waals surface area (Å²) < 4.78 is 7.91. The Hall–Kier alpha value is -2.79.